The first-order valence-electron chi connectivity index (χ1n) is 5.47. The summed E-state index contributed by atoms with van der Waals surface area (Å²) in [7, 11) is 0. The Kier molecular flexibility index (Phi) is 4.36. The molecule has 0 heteroatoms. The second kappa shape index (κ2) is 5.55. The fourth-order valence-electron chi connectivity index (χ4n) is 2.18. The SMILES string of the molecule is C=CCC1=CC(CC=C)(CC=C)CC=C1. The van der Waals surface area contributed by atoms with Crippen molar-refractivity contribution >= 4 is 0 Å². The van der Waals surface area contributed by atoms with Crippen LogP contribution < -0.4 is 0 Å². The Morgan fingerprint density at radius 2 is 1.80 bits per heavy atom. The number of allylic oxidation sites excluding steroid dienone is 7. The molecule has 1 rings (SSSR count). The van der Waals surface area contributed by atoms with Crippen LogP contribution in [0.3, 0.4) is 0 Å². The molecule has 0 amide bonds. The maximum atomic E-state index is 3.85. The van der Waals surface area contributed by atoms with Crippen LogP contribution in [0.15, 0.2) is 61.8 Å². The molecule has 15 heavy (non-hydrogen) atoms. The van der Waals surface area contributed by atoms with E-state index in [4.69, 9.17) is 0 Å². The Morgan fingerprint density at radius 3 is 2.33 bits per heavy atom. The molecule has 0 aromatic rings. The van der Waals surface area contributed by atoms with E-state index in [1.54, 1.807) is 0 Å². The van der Waals surface area contributed by atoms with Gasteiger partial charge in [-0.15, -0.1) is 19.7 Å². The van der Waals surface area contributed by atoms with Crippen LogP contribution in [0.2, 0.25) is 0 Å². The monoisotopic (exact) mass is 200 g/mol. The molecule has 0 heterocycles. The summed E-state index contributed by atoms with van der Waals surface area (Å²) in [5, 5.41) is 0. The third kappa shape index (κ3) is 3.09. The molecule has 0 atom stereocenters. The Labute approximate surface area is 93.4 Å². The van der Waals surface area contributed by atoms with Crippen LogP contribution in [-0.2, 0) is 0 Å². The number of hydrogen-bond donors (Lipinski definition) is 0. The first-order valence-corrected chi connectivity index (χ1v) is 5.47. The molecule has 0 bridgehead atoms. The highest BCUT2D eigenvalue weighted by molar-refractivity contribution is 5.29. The first-order chi connectivity index (χ1) is 7.26. The van der Waals surface area contributed by atoms with E-state index in [1.165, 1.54) is 5.57 Å². The zero-order valence-electron chi connectivity index (χ0n) is 9.41. The Balaban J connectivity index is 2.88. The molecule has 0 nitrogen and oxygen atoms in total. The zero-order valence-corrected chi connectivity index (χ0v) is 9.41. The van der Waals surface area contributed by atoms with Gasteiger partial charge in [0.2, 0.25) is 0 Å². The lowest BCUT2D eigenvalue weighted by atomic mass is 9.74. The van der Waals surface area contributed by atoms with Gasteiger partial charge in [-0.3, -0.25) is 0 Å². The van der Waals surface area contributed by atoms with Crippen molar-refractivity contribution in [2.45, 2.75) is 25.7 Å². The summed E-state index contributed by atoms with van der Waals surface area (Å²) >= 11 is 0. The van der Waals surface area contributed by atoms with Crippen LogP contribution in [0.5, 0.6) is 0 Å². The van der Waals surface area contributed by atoms with E-state index in [0.29, 0.717) is 0 Å². The molecule has 0 N–H and O–H groups in total. The number of rotatable bonds is 6. The molecule has 0 saturated carbocycles. The topological polar surface area (TPSA) is 0 Å². The summed E-state index contributed by atoms with van der Waals surface area (Å²) in [5.41, 5.74) is 1.58. The standard InChI is InChI=1S/C15H20/c1-4-8-14-9-7-12-15(13-14,10-5-2)11-6-3/h4-7,9,13H,1-3,8,10-12H2. The smallest absolute Gasteiger partial charge is 0.000908 e. The van der Waals surface area contributed by atoms with Crippen LogP contribution in [0.4, 0.5) is 0 Å². The van der Waals surface area contributed by atoms with Gasteiger partial charge in [-0.1, -0.05) is 36.5 Å². The fourth-order valence-corrected chi connectivity index (χ4v) is 2.18. The van der Waals surface area contributed by atoms with E-state index in [0.717, 1.165) is 25.7 Å². The van der Waals surface area contributed by atoms with E-state index in [9.17, 15) is 0 Å². The van der Waals surface area contributed by atoms with Crippen molar-refractivity contribution in [2.24, 2.45) is 5.41 Å². The number of hydrogen-bond acceptors (Lipinski definition) is 0. The predicted octanol–water partition coefficient (Wildman–Crippen LogP) is 4.59. The van der Waals surface area contributed by atoms with E-state index in [1.807, 2.05) is 18.2 Å². The Hall–Kier alpha value is -1.30. The lowest BCUT2D eigenvalue weighted by Crippen LogP contribution is -2.18. The quantitative estimate of drug-likeness (QED) is 0.550. The summed E-state index contributed by atoms with van der Waals surface area (Å²) in [6, 6.07) is 0. The first kappa shape index (κ1) is 11.8. The summed E-state index contributed by atoms with van der Waals surface area (Å²) in [6.07, 6.45) is 16.9. The second-order valence-electron chi connectivity index (χ2n) is 4.17. The molecule has 0 unspecified atom stereocenters. The van der Waals surface area contributed by atoms with Gasteiger partial charge < -0.3 is 0 Å². The van der Waals surface area contributed by atoms with Crippen LogP contribution in [0.1, 0.15) is 25.7 Å². The minimum absolute atomic E-state index is 0.219. The van der Waals surface area contributed by atoms with Gasteiger partial charge in [0.05, 0.1) is 0 Å². The average Bonchev–Trinajstić information content (AvgIpc) is 2.19. The molecule has 0 radical (unpaired) electrons. The van der Waals surface area contributed by atoms with Gasteiger partial charge >= 0.3 is 0 Å². The van der Waals surface area contributed by atoms with E-state index >= 15 is 0 Å². The van der Waals surface area contributed by atoms with Gasteiger partial charge in [-0.25, -0.2) is 0 Å². The van der Waals surface area contributed by atoms with Crippen molar-refractivity contribution in [3.63, 3.8) is 0 Å². The van der Waals surface area contributed by atoms with Crippen molar-refractivity contribution in [2.75, 3.05) is 0 Å². The molecule has 0 fully saturated rings. The summed E-state index contributed by atoms with van der Waals surface area (Å²) < 4.78 is 0. The van der Waals surface area contributed by atoms with Crippen LogP contribution in [0.25, 0.3) is 0 Å². The Morgan fingerprint density at radius 1 is 1.13 bits per heavy atom. The average molecular weight is 200 g/mol. The lowest BCUT2D eigenvalue weighted by Gasteiger charge is -2.30. The fraction of sp³-hybridized carbons (Fsp3) is 0.333. The lowest BCUT2D eigenvalue weighted by molar-refractivity contribution is 0.390. The highest BCUT2D eigenvalue weighted by atomic mass is 14.3. The second-order valence-corrected chi connectivity index (χ2v) is 4.17. The minimum Gasteiger partial charge on any atom is -0.103 e. The third-order valence-electron chi connectivity index (χ3n) is 2.83. The van der Waals surface area contributed by atoms with Gasteiger partial charge in [0.15, 0.2) is 0 Å². The maximum absolute atomic E-state index is 3.85. The minimum atomic E-state index is 0.219. The van der Waals surface area contributed by atoms with E-state index < -0.39 is 0 Å². The summed E-state index contributed by atoms with van der Waals surface area (Å²) in [4.78, 5) is 0. The van der Waals surface area contributed by atoms with Gasteiger partial charge in [0.25, 0.3) is 0 Å². The van der Waals surface area contributed by atoms with Crippen molar-refractivity contribution < 1.29 is 0 Å². The molecule has 0 aliphatic heterocycles. The van der Waals surface area contributed by atoms with Crippen LogP contribution in [-0.4, -0.2) is 0 Å². The van der Waals surface area contributed by atoms with E-state index in [2.05, 4.69) is 38.0 Å². The van der Waals surface area contributed by atoms with E-state index in [-0.39, 0.29) is 5.41 Å². The molecule has 0 aromatic carbocycles. The van der Waals surface area contributed by atoms with Crippen molar-refractivity contribution in [1.82, 2.24) is 0 Å². The van der Waals surface area contributed by atoms with Gasteiger partial charge in [-0.05, 0) is 36.7 Å². The van der Waals surface area contributed by atoms with Crippen molar-refractivity contribution in [3.8, 4) is 0 Å². The van der Waals surface area contributed by atoms with Crippen molar-refractivity contribution in [1.29, 1.82) is 0 Å². The molecule has 80 valence electrons. The molecule has 1 aliphatic carbocycles. The molecule has 0 aromatic heterocycles. The summed E-state index contributed by atoms with van der Waals surface area (Å²) in [5.74, 6) is 0. The van der Waals surface area contributed by atoms with Crippen molar-refractivity contribution in [3.05, 3.63) is 61.8 Å². The molecular formula is C15H20. The third-order valence-corrected chi connectivity index (χ3v) is 2.83. The van der Waals surface area contributed by atoms with Gasteiger partial charge in [-0.2, -0.15) is 0 Å². The zero-order chi connectivity index (χ0) is 11.1. The highest BCUT2D eigenvalue weighted by Gasteiger charge is 2.25. The highest BCUT2D eigenvalue weighted by Crippen LogP contribution is 2.38. The molecule has 1 aliphatic rings. The normalized spacial score (nSPS) is 18.0. The summed E-state index contributed by atoms with van der Waals surface area (Å²) in [6.45, 7) is 11.5. The molecule has 0 spiro atoms. The predicted molar refractivity (Wildman–Crippen MR) is 68.7 cm³/mol. The van der Waals surface area contributed by atoms with Crippen LogP contribution >= 0.6 is 0 Å². The maximum Gasteiger partial charge on any atom is -0.000908 e. The molecule has 0 saturated heterocycles. The van der Waals surface area contributed by atoms with Gasteiger partial charge in [0, 0.05) is 0 Å². The van der Waals surface area contributed by atoms with Gasteiger partial charge in [0.1, 0.15) is 0 Å². The molecular weight excluding hydrogens is 180 g/mol. The van der Waals surface area contributed by atoms with Crippen LogP contribution in [0, 0.1) is 5.41 Å². The largest absolute Gasteiger partial charge is 0.103 e. The Bertz CT molecular complexity index is 286.